The Labute approximate surface area is 130 Å². The van der Waals surface area contributed by atoms with Crippen LogP contribution in [-0.2, 0) is 0 Å². The molecule has 114 valence electrons. The van der Waals surface area contributed by atoms with Crippen molar-refractivity contribution in [2.24, 2.45) is 0 Å². The van der Waals surface area contributed by atoms with Gasteiger partial charge in [-0.15, -0.1) is 0 Å². The van der Waals surface area contributed by atoms with Gasteiger partial charge in [-0.05, 0) is 30.3 Å². The molecule has 0 aliphatic rings. The standard InChI is InChI=1S/C15H12ClNO5/c1-22-12-4-2-3-10(15(20)21)13(12)17-11-7-8(16)5-6-9(11)14(18)19/h2-7,17H,1H3,(H,18,19)(H,20,21). The number of aromatic carboxylic acids is 2. The van der Waals surface area contributed by atoms with Crippen LogP contribution in [0.4, 0.5) is 11.4 Å². The molecule has 0 aliphatic carbocycles. The van der Waals surface area contributed by atoms with E-state index in [0.29, 0.717) is 5.02 Å². The predicted octanol–water partition coefficient (Wildman–Crippen LogP) is 3.49. The lowest BCUT2D eigenvalue weighted by Gasteiger charge is -2.15. The molecule has 0 bridgehead atoms. The zero-order valence-electron chi connectivity index (χ0n) is 11.5. The Bertz CT molecular complexity index is 745. The molecule has 0 aliphatic heterocycles. The molecule has 7 heteroatoms. The lowest BCUT2D eigenvalue weighted by atomic mass is 10.1. The Balaban J connectivity index is 2.58. The highest BCUT2D eigenvalue weighted by molar-refractivity contribution is 6.31. The van der Waals surface area contributed by atoms with E-state index in [4.69, 9.17) is 16.3 Å². The van der Waals surface area contributed by atoms with Gasteiger partial charge < -0.3 is 20.3 Å². The lowest BCUT2D eigenvalue weighted by Crippen LogP contribution is -2.08. The average Bonchev–Trinajstić information content (AvgIpc) is 2.46. The second kappa shape index (κ2) is 6.36. The number of carboxylic acid groups (broad SMARTS) is 2. The minimum atomic E-state index is -1.17. The maximum Gasteiger partial charge on any atom is 0.337 e. The third-order valence-electron chi connectivity index (χ3n) is 2.95. The zero-order valence-corrected chi connectivity index (χ0v) is 12.2. The van der Waals surface area contributed by atoms with Crippen LogP contribution in [0.1, 0.15) is 20.7 Å². The van der Waals surface area contributed by atoms with Crippen molar-refractivity contribution in [3.05, 3.63) is 52.5 Å². The van der Waals surface area contributed by atoms with Crippen LogP contribution < -0.4 is 10.1 Å². The molecule has 3 N–H and O–H groups in total. The monoisotopic (exact) mass is 321 g/mol. The van der Waals surface area contributed by atoms with Gasteiger partial charge in [0.15, 0.2) is 0 Å². The predicted molar refractivity (Wildman–Crippen MR) is 81.6 cm³/mol. The third-order valence-corrected chi connectivity index (χ3v) is 3.18. The highest BCUT2D eigenvalue weighted by Crippen LogP contribution is 2.33. The lowest BCUT2D eigenvalue weighted by molar-refractivity contribution is 0.0688. The molecule has 6 nitrogen and oxygen atoms in total. The highest BCUT2D eigenvalue weighted by atomic mass is 35.5. The van der Waals surface area contributed by atoms with Crippen LogP contribution in [0, 0.1) is 0 Å². The molecule has 0 aromatic heterocycles. The maximum atomic E-state index is 11.3. The molecule has 0 saturated heterocycles. The number of anilines is 2. The number of carbonyl (C=O) groups is 2. The van der Waals surface area contributed by atoms with Gasteiger partial charge in [0, 0.05) is 5.02 Å². The van der Waals surface area contributed by atoms with Gasteiger partial charge in [0.2, 0.25) is 0 Å². The molecule has 2 aromatic carbocycles. The highest BCUT2D eigenvalue weighted by Gasteiger charge is 2.18. The van der Waals surface area contributed by atoms with Crippen molar-refractivity contribution >= 4 is 34.9 Å². The molecule has 2 rings (SSSR count). The topological polar surface area (TPSA) is 95.9 Å². The number of ether oxygens (including phenoxy) is 1. The van der Waals surface area contributed by atoms with E-state index in [1.165, 1.54) is 37.4 Å². The van der Waals surface area contributed by atoms with Crippen LogP contribution in [0.5, 0.6) is 5.75 Å². The number of para-hydroxylation sites is 1. The first-order valence-electron chi connectivity index (χ1n) is 6.14. The quantitative estimate of drug-likeness (QED) is 0.780. The average molecular weight is 322 g/mol. The number of hydrogen-bond donors (Lipinski definition) is 3. The van der Waals surface area contributed by atoms with Crippen LogP contribution in [0.2, 0.25) is 5.02 Å². The van der Waals surface area contributed by atoms with Gasteiger partial charge in [-0.2, -0.15) is 0 Å². The van der Waals surface area contributed by atoms with Gasteiger partial charge in [0.25, 0.3) is 0 Å². The summed E-state index contributed by atoms with van der Waals surface area (Å²) in [6.07, 6.45) is 0. The van der Waals surface area contributed by atoms with Crippen LogP contribution in [0.15, 0.2) is 36.4 Å². The molecule has 0 saturated carbocycles. The van der Waals surface area contributed by atoms with E-state index in [-0.39, 0.29) is 28.3 Å². The Morgan fingerprint density at radius 3 is 2.36 bits per heavy atom. The molecular weight excluding hydrogens is 310 g/mol. The number of nitrogens with one attached hydrogen (secondary N) is 1. The van der Waals surface area contributed by atoms with Crippen molar-refractivity contribution in [1.29, 1.82) is 0 Å². The van der Waals surface area contributed by atoms with Crippen molar-refractivity contribution in [3.8, 4) is 5.75 Å². The summed E-state index contributed by atoms with van der Waals surface area (Å²) >= 11 is 5.88. The summed E-state index contributed by atoms with van der Waals surface area (Å²) in [7, 11) is 1.39. The fraction of sp³-hybridized carbons (Fsp3) is 0.0667. The first-order valence-corrected chi connectivity index (χ1v) is 6.52. The number of carboxylic acids is 2. The normalized spacial score (nSPS) is 10.1. The molecule has 0 atom stereocenters. The van der Waals surface area contributed by atoms with Crippen LogP contribution in [-0.4, -0.2) is 29.3 Å². The summed E-state index contributed by atoms with van der Waals surface area (Å²) in [6, 6.07) is 8.67. The van der Waals surface area contributed by atoms with E-state index in [0.717, 1.165) is 0 Å². The molecule has 0 fully saturated rings. The summed E-state index contributed by atoms with van der Waals surface area (Å²) in [5.74, 6) is -2.05. The number of rotatable bonds is 5. The molecule has 22 heavy (non-hydrogen) atoms. The zero-order chi connectivity index (χ0) is 16.3. The van der Waals surface area contributed by atoms with E-state index in [1.54, 1.807) is 6.07 Å². The molecular formula is C15H12ClNO5. The smallest absolute Gasteiger partial charge is 0.337 e. The fourth-order valence-electron chi connectivity index (χ4n) is 1.95. The van der Waals surface area contributed by atoms with Crippen molar-refractivity contribution in [3.63, 3.8) is 0 Å². The van der Waals surface area contributed by atoms with Crippen molar-refractivity contribution < 1.29 is 24.5 Å². The third kappa shape index (κ3) is 3.12. The van der Waals surface area contributed by atoms with Gasteiger partial charge in [-0.3, -0.25) is 0 Å². The van der Waals surface area contributed by atoms with Crippen molar-refractivity contribution in [1.82, 2.24) is 0 Å². The van der Waals surface area contributed by atoms with Crippen LogP contribution >= 0.6 is 11.6 Å². The molecule has 2 aromatic rings. The van der Waals surface area contributed by atoms with Crippen LogP contribution in [0.3, 0.4) is 0 Å². The van der Waals surface area contributed by atoms with Crippen molar-refractivity contribution in [2.45, 2.75) is 0 Å². The SMILES string of the molecule is COc1cccc(C(=O)O)c1Nc1cc(Cl)ccc1C(=O)O. The number of halogens is 1. The van der Waals surface area contributed by atoms with Gasteiger partial charge in [-0.25, -0.2) is 9.59 Å². The number of hydrogen-bond acceptors (Lipinski definition) is 4. The largest absolute Gasteiger partial charge is 0.495 e. The second-order valence-corrected chi connectivity index (χ2v) is 4.74. The minimum absolute atomic E-state index is 0.0355. The Morgan fingerprint density at radius 1 is 1.09 bits per heavy atom. The molecule has 0 amide bonds. The van der Waals surface area contributed by atoms with Gasteiger partial charge in [-0.1, -0.05) is 17.7 Å². The first kappa shape index (κ1) is 15.7. The molecule has 0 heterocycles. The first-order chi connectivity index (χ1) is 10.4. The summed E-state index contributed by atoms with van der Waals surface area (Å²) in [6.45, 7) is 0. The molecule has 0 radical (unpaired) electrons. The van der Waals surface area contributed by atoms with Gasteiger partial charge in [0.05, 0.1) is 29.6 Å². The second-order valence-electron chi connectivity index (χ2n) is 4.31. The summed E-state index contributed by atoms with van der Waals surface area (Å²) in [5.41, 5.74) is 0.247. The Hall–Kier alpha value is -2.73. The van der Waals surface area contributed by atoms with Crippen molar-refractivity contribution in [2.75, 3.05) is 12.4 Å². The Morgan fingerprint density at radius 2 is 1.77 bits per heavy atom. The van der Waals surface area contributed by atoms with Gasteiger partial charge >= 0.3 is 11.9 Å². The maximum absolute atomic E-state index is 11.3. The number of methoxy groups -OCH3 is 1. The van der Waals surface area contributed by atoms with E-state index < -0.39 is 11.9 Å². The number of benzene rings is 2. The molecule has 0 spiro atoms. The van der Waals surface area contributed by atoms with Gasteiger partial charge in [0.1, 0.15) is 5.75 Å². The van der Waals surface area contributed by atoms with E-state index in [2.05, 4.69) is 5.32 Å². The molecule has 0 unspecified atom stereocenters. The van der Waals surface area contributed by atoms with E-state index in [9.17, 15) is 19.8 Å². The van der Waals surface area contributed by atoms with E-state index >= 15 is 0 Å². The van der Waals surface area contributed by atoms with Crippen LogP contribution in [0.25, 0.3) is 0 Å². The van der Waals surface area contributed by atoms with E-state index in [1.807, 2.05) is 0 Å². The summed E-state index contributed by atoms with van der Waals surface area (Å²) in [5, 5.41) is 21.6. The minimum Gasteiger partial charge on any atom is -0.495 e. The summed E-state index contributed by atoms with van der Waals surface area (Å²) < 4.78 is 5.13. The fourth-order valence-corrected chi connectivity index (χ4v) is 2.12. The Kier molecular flexibility index (Phi) is 4.53. The summed E-state index contributed by atoms with van der Waals surface area (Å²) in [4.78, 5) is 22.6.